The van der Waals surface area contributed by atoms with E-state index in [1.807, 2.05) is 24.3 Å². The second-order valence-corrected chi connectivity index (χ2v) is 6.81. The summed E-state index contributed by atoms with van der Waals surface area (Å²) in [5, 5.41) is 13.3. The molecule has 2 aromatic rings. The van der Waals surface area contributed by atoms with Crippen molar-refractivity contribution in [3.63, 3.8) is 0 Å². The topological polar surface area (TPSA) is 80.2 Å². The van der Waals surface area contributed by atoms with Crippen LogP contribution in [0.15, 0.2) is 46.3 Å². The second kappa shape index (κ2) is 8.18. The fraction of sp³-hybridized carbons (Fsp3) is 0.200. The van der Waals surface area contributed by atoms with Gasteiger partial charge >= 0.3 is 0 Å². The molecule has 1 amide bonds. The van der Waals surface area contributed by atoms with Crippen molar-refractivity contribution < 1.29 is 19.4 Å². The van der Waals surface area contributed by atoms with E-state index < -0.39 is 0 Å². The van der Waals surface area contributed by atoms with Crippen LogP contribution in [0.5, 0.6) is 17.2 Å². The minimum absolute atomic E-state index is 0.0801. The molecule has 7 heteroatoms. The fourth-order valence-corrected chi connectivity index (χ4v) is 3.39. The second-order valence-electron chi connectivity index (χ2n) is 5.78. The highest BCUT2D eigenvalue weighted by atomic mass is 32.2. The Morgan fingerprint density at radius 3 is 2.33 bits per heavy atom. The molecule has 2 N–H and O–H groups in total. The van der Waals surface area contributed by atoms with E-state index in [9.17, 15) is 9.90 Å². The molecule has 0 aliphatic carbocycles. The van der Waals surface area contributed by atoms with Crippen LogP contribution in [-0.2, 0) is 11.2 Å². The summed E-state index contributed by atoms with van der Waals surface area (Å²) in [6, 6.07) is 11.2. The van der Waals surface area contributed by atoms with Crippen molar-refractivity contribution in [1.82, 2.24) is 5.32 Å². The minimum atomic E-state index is -0.227. The molecule has 2 aromatic carbocycles. The summed E-state index contributed by atoms with van der Waals surface area (Å²) >= 11 is 1.26. The van der Waals surface area contributed by atoms with Gasteiger partial charge in [0.1, 0.15) is 0 Å². The normalized spacial score (nSPS) is 16.6. The van der Waals surface area contributed by atoms with Crippen molar-refractivity contribution in [1.29, 1.82) is 0 Å². The average molecular weight is 384 g/mol. The van der Waals surface area contributed by atoms with Crippen LogP contribution in [-0.4, -0.2) is 30.4 Å². The molecule has 1 aliphatic rings. The maximum atomic E-state index is 12.3. The predicted octanol–water partition coefficient (Wildman–Crippen LogP) is 3.86. The number of thioether (sulfide) groups is 1. The number of ether oxygens (including phenoxy) is 2. The number of aromatic hydroxyl groups is 1. The quantitative estimate of drug-likeness (QED) is 0.765. The summed E-state index contributed by atoms with van der Waals surface area (Å²) in [6.45, 7) is 2.10. The molecule has 27 heavy (non-hydrogen) atoms. The molecule has 3 rings (SSSR count). The van der Waals surface area contributed by atoms with Gasteiger partial charge in [-0.25, -0.2) is 4.99 Å². The standard InChI is InChI=1S/C20H20N2O4S/c1-4-12-5-7-14(8-6-12)21-20-22-19(24)17(27-20)11-13-9-15(25-2)18(23)16(10-13)26-3/h5-11,23H,4H2,1-3H3,(H,21,22,24)/b17-11-. The Morgan fingerprint density at radius 2 is 1.78 bits per heavy atom. The van der Waals surface area contributed by atoms with E-state index in [2.05, 4.69) is 17.2 Å². The lowest BCUT2D eigenvalue weighted by Gasteiger charge is -2.09. The van der Waals surface area contributed by atoms with E-state index in [1.54, 1.807) is 18.2 Å². The van der Waals surface area contributed by atoms with Crippen LogP contribution < -0.4 is 14.8 Å². The Balaban J connectivity index is 1.85. The largest absolute Gasteiger partial charge is 0.502 e. The van der Waals surface area contributed by atoms with Crippen molar-refractivity contribution >= 4 is 34.6 Å². The van der Waals surface area contributed by atoms with Crippen LogP contribution in [0.1, 0.15) is 18.1 Å². The van der Waals surface area contributed by atoms with Crippen molar-refractivity contribution in [3.8, 4) is 17.2 Å². The molecule has 0 saturated carbocycles. The monoisotopic (exact) mass is 384 g/mol. The summed E-state index contributed by atoms with van der Waals surface area (Å²) < 4.78 is 10.3. The SMILES string of the molecule is CCc1ccc(N=C2NC(=O)/C(=C/c3cc(OC)c(O)c(OC)c3)S2)cc1. The van der Waals surface area contributed by atoms with Crippen LogP contribution in [0.25, 0.3) is 6.08 Å². The number of hydrogen-bond acceptors (Lipinski definition) is 6. The molecule has 1 aliphatic heterocycles. The Labute approximate surface area is 161 Å². The van der Waals surface area contributed by atoms with Gasteiger partial charge in [-0.3, -0.25) is 4.79 Å². The van der Waals surface area contributed by atoms with Crippen LogP contribution in [0, 0.1) is 0 Å². The van der Waals surface area contributed by atoms with Crippen LogP contribution in [0.4, 0.5) is 5.69 Å². The van der Waals surface area contributed by atoms with E-state index in [4.69, 9.17) is 9.47 Å². The van der Waals surface area contributed by atoms with Gasteiger partial charge in [0.05, 0.1) is 24.8 Å². The molecule has 6 nitrogen and oxygen atoms in total. The lowest BCUT2D eigenvalue weighted by Crippen LogP contribution is -2.19. The van der Waals surface area contributed by atoms with E-state index in [0.717, 1.165) is 12.1 Å². The molecule has 1 heterocycles. The zero-order valence-corrected chi connectivity index (χ0v) is 16.1. The fourth-order valence-electron chi connectivity index (χ4n) is 2.55. The van der Waals surface area contributed by atoms with Gasteiger partial charge in [0.15, 0.2) is 16.7 Å². The number of carbonyl (C=O) groups excluding carboxylic acids is 1. The van der Waals surface area contributed by atoms with E-state index >= 15 is 0 Å². The lowest BCUT2D eigenvalue weighted by molar-refractivity contribution is -0.115. The van der Waals surface area contributed by atoms with Gasteiger partial charge in [-0.15, -0.1) is 0 Å². The number of carbonyl (C=O) groups is 1. The number of amidine groups is 1. The number of phenolic OH excluding ortho intramolecular Hbond substituents is 1. The smallest absolute Gasteiger partial charge is 0.264 e. The third kappa shape index (κ3) is 4.25. The highest BCUT2D eigenvalue weighted by Gasteiger charge is 2.24. The molecular weight excluding hydrogens is 364 g/mol. The molecular formula is C20H20N2O4S. The van der Waals surface area contributed by atoms with Gasteiger partial charge in [-0.1, -0.05) is 19.1 Å². The number of aliphatic imine (C=N–C) groups is 1. The number of phenols is 1. The zero-order valence-electron chi connectivity index (χ0n) is 15.3. The van der Waals surface area contributed by atoms with Crippen molar-refractivity contribution in [2.24, 2.45) is 4.99 Å². The molecule has 0 unspecified atom stereocenters. The Hall–Kier alpha value is -2.93. The van der Waals surface area contributed by atoms with Crippen molar-refractivity contribution in [3.05, 3.63) is 52.4 Å². The number of aryl methyl sites for hydroxylation is 1. The molecule has 140 valence electrons. The van der Waals surface area contributed by atoms with Crippen molar-refractivity contribution in [2.75, 3.05) is 14.2 Å². The van der Waals surface area contributed by atoms with Crippen molar-refractivity contribution in [2.45, 2.75) is 13.3 Å². The highest BCUT2D eigenvalue weighted by molar-refractivity contribution is 8.18. The molecule has 0 atom stereocenters. The number of nitrogens with zero attached hydrogens (tertiary/aromatic N) is 1. The third-order valence-corrected chi connectivity index (χ3v) is 4.94. The van der Waals surface area contributed by atoms with Gasteiger partial charge in [-0.05, 0) is 59.7 Å². The first-order valence-corrected chi connectivity index (χ1v) is 9.19. The Morgan fingerprint density at radius 1 is 1.15 bits per heavy atom. The first-order valence-electron chi connectivity index (χ1n) is 8.37. The average Bonchev–Trinajstić information content (AvgIpc) is 3.02. The number of methoxy groups -OCH3 is 2. The molecule has 0 aromatic heterocycles. The van der Waals surface area contributed by atoms with E-state index in [0.29, 0.717) is 15.6 Å². The summed E-state index contributed by atoms with van der Waals surface area (Å²) in [5.41, 5.74) is 2.69. The van der Waals surface area contributed by atoms with Gasteiger partial charge in [0.2, 0.25) is 5.75 Å². The summed E-state index contributed by atoms with van der Waals surface area (Å²) in [6.07, 6.45) is 2.67. The Kier molecular flexibility index (Phi) is 5.71. The predicted molar refractivity (Wildman–Crippen MR) is 108 cm³/mol. The summed E-state index contributed by atoms with van der Waals surface area (Å²) in [7, 11) is 2.91. The van der Waals surface area contributed by atoms with Crippen LogP contribution >= 0.6 is 11.8 Å². The molecule has 1 saturated heterocycles. The molecule has 1 fully saturated rings. The first-order chi connectivity index (χ1) is 13.0. The lowest BCUT2D eigenvalue weighted by atomic mass is 10.1. The number of nitrogens with one attached hydrogen (secondary N) is 1. The highest BCUT2D eigenvalue weighted by Crippen LogP contribution is 2.38. The van der Waals surface area contributed by atoms with E-state index in [-0.39, 0.29) is 23.2 Å². The maximum Gasteiger partial charge on any atom is 0.264 e. The number of benzene rings is 2. The Bertz CT molecular complexity index is 895. The maximum absolute atomic E-state index is 12.3. The first kappa shape index (κ1) is 18.8. The molecule has 0 bridgehead atoms. The van der Waals surface area contributed by atoms with E-state index in [1.165, 1.54) is 31.5 Å². The third-order valence-electron chi connectivity index (χ3n) is 4.03. The molecule has 0 radical (unpaired) electrons. The number of rotatable bonds is 5. The molecule has 0 spiro atoms. The number of hydrogen-bond donors (Lipinski definition) is 2. The van der Waals surface area contributed by atoms with Gasteiger partial charge < -0.3 is 19.9 Å². The minimum Gasteiger partial charge on any atom is -0.502 e. The van der Waals surface area contributed by atoms with Crippen LogP contribution in [0.2, 0.25) is 0 Å². The van der Waals surface area contributed by atoms with Gasteiger partial charge in [0, 0.05) is 0 Å². The zero-order chi connectivity index (χ0) is 19.4. The van der Waals surface area contributed by atoms with Gasteiger partial charge in [-0.2, -0.15) is 0 Å². The summed E-state index contributed by atoms with van der Waals surface area (Å²) in [5.74, 6) is 0.238. The summed E-state index contributed by atoms with van der Waals surface area (Å²) in [4.78, 5) is 17.2. The van der Waals surface area contributed by atoms with Crippen LogP contribution in [0.3, 0.4) is 0 Å². The number of amides is 1. The van der Waals surface area contributed by atoms with Gasteiger partial charge in [0.25, 0.3) is 5.91 Å².